The Kier molecular flexibility index (Phi) is 4.15. The van der Waals surface area contributed by atoms with Crippen LogP contribution in [-0.2, 0) is 10.0 Å². The molecule has 10 heteroatoms. The summed E-state index contributed by atoms with van der Waals surface area (Å²) in [5.74, 6) is -0.539. The van der Waals surface area contributed by atoms with Crippen LogP contribution in [0.3, 0.4) is 0 Å². The van der Waals surface area contributed by atoms with Gasteiger partial charge in [0, 0.05) is 13.1 Å². The minimum Gasteiger partial charge on any atom is -0.406 e. The fourth-order valence-electron chi connectivity index (χ4n) is 1.89. The molecule has 1 aromatic carbocycles. The van der Waals surface area contributed by atoms with Crippen LogP contribution in [0.15, 0.2) is 29.2 Å². The molecule has 0 bridgehead atoms. The largest absolute Gasteiger partial charge is 0.573 e. The van der Waals surface area contributed by atoms with Gasteiger partial charge in [-0.05, 0) is 24.3 Å². The minimum atomic E-state index is -4.86. The zero-order valence-electron chi connectivity index (χ0n) is 10.5. The molecule has 0 amide bonds. The van der Waals surface area contributed by atoms with Crippen molar-refractivity contribution in [3.8, 4) is 5.75 Å². The van der Waals surface area contributed by atoms with Crippen molar-refractivity contribution in [1.82, 2.24) is 4.31 Å². The summed E-state index contributed by atoms with van der Waals surface area (Å²) >= 11 is 0. The molecular weight excluding hydrogens is 315 g/mol. The number of benzene rings is 1. The van der Waals surface area contributed by atoms with E-state index in [1.807, 2.05) is 0 Å². The van der Waals surface area contributed by atoms with Gasteiger partial charge in [0.2, 0.25) is 10.0 Å². The molecule has 6 nitrogen and oxygen atoms in total. The predicted octanol–water partition coefficient (Wildman–Crippen LogP) is 0.311. The van der Waals surface area contributed by atoms with Crippen LogP contribution in [-0.4, -0.2) is 54.6 Å². The van der Waals surface area contributed by atoms with E-state index in [0.29, 0.717) is 0 Å². The van der Waals surface area contributed by atoms with Crippen molar-refractivity contribution in [1.29, 1.82) is 0 Å². The van der Waals surface area contributed by atoms with E-state index in [4.69, 9.17) is 0 Å². The molecule has 1 aliphatic rings. The highest BCUT2D eigenvalue weighted by molar-refractivity contribution is 7.89. The molecule has 2 atom stereocenters. The van der Waals surface area contributed by atoms with Gasteiger partial charge in [-0.1, -0.05) is 0 Å². The molecule has 1 fully saturated rings. The van der Waals surface area contributed by atoms with Gasteiger partial charge in [-0.2, -0.15) is 4.31 Å². The maximum Gasteiger partial charge on any atom is 0.573 e. The molecule has 1 aromatic rings. The molecule has 0 unspecified atom stereocenters. The third-order valence-corrected chi connectivity index (χ3v) is 4.77. The number of aliphatic hydroxyl groups is 2. The number of rotatable bonds is 3. The Bertz CT molecular complexity index is 591. The fourth-order valence-corrected chi connectivity index (χ4v) is 3.37. The molecule has 1 heterocycles. The molecule has 0 aliphatic carbocycles. The maximum atomic E-state index is 12.2. The van der Waals surface area contributed by atoms with Crippen LogP contribution in [0.2, 0.25) is 0 Å². The van der Waals surface area contributed by atoms with E-state index >= 15 is 0 Å². The topological polar surface area (TPSA) is 87.1 Å². The van der Waals surface area contributed by atoms with Crippen molar-refractivity contribution >= 4 is 10.0 Å². The van der Waals surface area contributed by atoms with Gasteiger partial charge in [-0.3, -0.25) is 0 Å². The summed E-state index contributed by atoms with van der Waals surface area (Å²) in [6, 6.07) is 3.69. The van der Waals surface area contributed by atoms with Gasteiger partial charge < -0.3 is 14.9 Å². The van der Waals surface area contributed by atoms with Crippen LogP contribution in [0.5, 0.6) is 5.75 Å². The van der Waals surface area contributed by atoms with E-state index in [2.05, 4.69) is 4.74 Å². The summed E-state index contributed by atoms with van der Waals surface area (Å²) in [6.45, 7) is -0.547. The SMILES string of the molecule is O=S(=O)(c1ccc(OC(F)(F)F)cc1)N1C[C@@H](O)[C@@H](O)C1. The average Bonchev–Trinajstić information content (AvgIpc) is 2.69. The van der Waals surface area contributed by atoms with Gasteiger partial charge in [-0.25, -0.2) is 8.42 Å². The van der Waals surface area contributed by atoms with Crippen molar-refractivity contribution in [3.63, 3.8) is 0 Å². The van der Waals surface area contributed by atoms with E-state index in [1.54, 1.807) is 0 Å². The molecule has 0 radical (unpaired) electrons. The first-order valence-electron chi connectivity index (χ1n) is 5.82. The lowest BCUT2D eigenvalue weighted by Crippen LogP contribution is -2.30. The van der Waals surface area contributed by atoms with E-state index in [0.717, 1.165) is 28.6 Å². The molecule has 1 saturated heterocycles. The third kappa shape index (κ3) is 3.64. The summed E-state index contributed by atoms with van der Waals surface area (Å²) < 4.78 is 64.8. The number of sulfonamides is 1. The molecule has 0 saturated carbocycles. The second-order valence-electron chi connectivity index (χ2n) is 4.48. The Balaban J connectivity index is 2.18. The molecular formula is C11H12F3NO5S. The smallest absolute Gasteiger partial charge is 0.406 e. The fraction of sp³-hybridized carbons (Fsp3) is 0.455. The molecule has 2 rings (SSSR count). The van der Waals surface area contributed by atoms with Crippen molar-refractivity contribution < 1.29 is 36.5 Å². The molecule has 0 aromatic heterocycles. The summed E-state index contributed by atoms with van der Waals surface area (Å²) in [5, 5.41) is 18.7. The zero-order chi connectivity index (χ0) is 15.8. The Labute approximate surface area is 118 Å². The first-order chi connectivity index (χ1) is 9.59. The summed E-state index contributed by atoms with van der Waals surface area (Å²) in [6.07, 6.45) is -7.23. The van der Waals surface area contributed by atoms with Crippen LogP contribution in [0.1, 0.15) is 0 Å². The summed E-state index contributed by atoms with van der Waals surface area (Å²) in [4.78, 5) is -0.252. The van der Waals surface area contributed by atoms with Gasteiger partial charge in [0.15, 0.2) is 0 Å². The van der Waals surface area contributed by atoms with Gasteiger partial charge in [0.05, 0.1) is 17.1 Å². The van der Waals surface area contributed by atoms with Crippen molar-refractivity contribution in [2.24, 2.45) is 0 Å². The highest BCUT2D eigenvalue weighted by Crippen LogP contribution is 2.26. The minimum absolute atomic E-state index is 0.252. The number of ether oxygens (including phenoxy) is 1. The second kappa shape index (κ2) is 5.44. The summed E-state index contributed by atoms with van der Waals surface area (Å²) in [7, 11) is -3.99. The van der Waals surface area contributed by atoms with Gasteiger partial charge in [0.25, 0.3) is 0 Å². The first-order valence-corrected chi connectivity index (χ1v) is 7.26. The van der Waals surface area contributed by atoms with Crippen LogP contribution >= 0.6 is 0 Å². The summed E-state index contributed by atoms with van der Waals surface area (Å²) in [5.41, 5.74) is 0. The molecule has 118 valence electrons. The normalized spacial score (nSPS) is 24.2. The van der Waals surface area contributed by atoms with E-state index in [1.165, 1.54) is 0 Å². The Morgan fingerprint density at radius 3 is 2.00 bits per heavy atom. The standard InChI is InChI=1S/C11H12F3NO5S/c12-11(13,14)20-7-1-3-8(4-2-7)21(18,19)15-5-9(16)10(17)6-15/h1-4,9-10,16-17H,5-6H2/t9-,10+. The van der Waals surface area contributed by atoms with E-state index < -0.39 is 34.3 Å². The average molecular weight is 327 g/mol. The Morgan fingerprint density at radius 2 is 1.57 bits per heavy atom. The molecule has 2 N–H and O–H groups in total. The van der Waals surface area contributed by atoms with Gasteiger partial charge >= 0.3 is 6.36 Å². The molecule has 0 spiro atoms. The number of β-amino-alcohol motifs (C(OH)–C–C–N with tert-alkyl or cyclic N) is 2. The number of aliphatic hydroxyl groups excluding tert-OH is 2. The highest BCUT2D eigenvalue weighted by atomic mass is 32.2. The van der Waals surface area contributed by atoms with Crippen LogP contribution < -0.4 is 4.74 Å². The van der Waals surface area contributed by atoms with Crippen LogP contribution in [0, 0.1) is 0 Å². The van der Waals surface area contributed by atoms with E-state index in [9.17, 15) is 31.8 Å². The van der Waals surface area contributed by atoms with Crippen molar-refractivity contribution in [2.75, 3.05) is 13.1 Å². The second-order valence-corrected chi connectivity index (χ2v) is 6.41. The number of alkyl halides is 3. The quantitative estimate of drug-likeness (QED) is 0.834. The monoisotopic (exact) mass is 327 g/mol. The van der Waals surface area contributed by atoms with Crippen LogP contribution in [0.4, 0.5) is 13.2 Å². The Morgan fingerprint density at radius 1 is 1.10 bits per heavy atom. The van der Waals surface area contributed by atoms with Crippen molar-refractivity contribution in [3.05, 3.63) is 24.3 Å². The number of nitrogens with zero attached hydrogens (tertiary/aromatic N) is 1. The lowest BCUT2D eigenvalue weighted by molar-refractivity contribution is -0.274. The molecule has 21 heavy (non-hydrogen) atoms. The lowest BCUT2D eigenvalue weighted by Gasteiger charge is -2.16. The lowest BCUT2D eigenvalue weighted by atomic mass is 10.3. The van der Waals surface area contributed by atoms with Crippen molar-refractivity contribution in [2.45, 2.75) is 23.5 Å². The highest BCUT2D eigenvalue weighted by Gasteiger charge is 2.37. The zero-order valence-corrected chi connectivity index (χ0v) is 11.3. The number of hydrogen-bond donors (Lipinski definition) is 2. The van der Waals surface area contributed by atoms with E-state index in [-0.39, 0.29) is 18.0 Å². The van der Waals surface area contributed by atoms with Gasteiger partial charge in [0.1, 0.15) is 5.75 Å². The predicted molar refractivity (Wildman–Crippen MR) is 63.9 cm³/mol. The van der Waals surface area contributed by atoms with Crippen LogP contribution in [0.25, 0.3) is 0 Å². The molecule has 1 aliphatic heterocycles. The number of hydrogen-bond acceptors (Lipinski definition) is 5. The van der Waals surface area contributed by atoms with Gasteiger partial charge in [-0.15, -0.1) is 13.2 Å². The number of halogens is 3. The Hall–Kier alpha value is -1.36. The maximum absolute atomic E-state index is 12.2. The third-order valence-electron chi connectivity index (χ3n) is 2.92. The first kappa shape index (κ1) is 16.0.